The van der Waals surface area contributed by atoms with Crippen LogP contribution in [0.15, 0.2) is 0 Å². The Balaban J connectivity index is 2.82. The minimum atomic E-state index is 0.472. The largest absolute Gasteiger partial charge is 0.326 e. The van der Waals surface area contributed by atoms with Crippen LogP contribution in [0.25, 0.3) is 0 Å². The van der Waals surface area contributed by atoms with Gasteiger partial charge in [0.1, 0.15) is 5.01 Å². The lowest BCUT2D eigenvalue weighted by Crippen LogP contribution is -2.21. The van der Waals surface area contributed by atoms with Crippen LogP contribution in [-0.2, 0) is 13.1 Å². The predicted octanol–water partition coefficient (Wildman–Crippen LogP) is 2.57. The Hall–Kier alpha value is -0.450. The van der Waals surface area contributed by atoms with Crippen molar-refractivity contribution < 1.29 is 0 Å². The molecule has 4 heteroatoms. The Morgan fingerprint density at radius 3 is 2.31 bits per heavy atom. The second-order valence-electron chi connectivity index (χ2n) is 4.24. The highest BCUT2D eigenvalue weighted by Gasteiger charge is 2.14. The number of hydrogen-bond acceptors (Lipinski definition) is 4. The second-order valence-corrected chi connectivity index (χ2v) is 5.40. The van der Waals surface area contributed by atoms with Gasteiger partial charge in [0.25, 0.3) is 0 Å². The van der Waals surface area contributed by atoms with Crippen molar-refractivity contribution in [2.45, 2.75) is 46.7 Å². The third-order valence-electron chi connectivity index (χ3n) is 2.76. The van der Waals surface area contributed by atoms with Crippen LogP contribution in [0.3, 0.4) is 0 Å². The molecule has 0 amide bonds. The first-order valence-electron chi connectivity index (χ1n) is 6.03. The van der Waals surface area contributed by atoms with Gasteiger partial charge in [0.15, 0.2) is 0 Å². The van der Waals surface area contributed by atoms with Gasteiger partial charge in [-0.15, -0.1) is 11.3 Å². The summed E-state index contributed by atoms with van der Waals surface area (Å²) in [6, 6.07) is 0. The van der Waals surface area contributed by atoms with E-state index in [1.807, 2.05) is 0 Å². The van der Waals surface area contributed by atoms with Gasteiger partial charge in [-0.3, -0.25) is 4.90 Å². The number of rotatable bonds is 6. The summed E-state index contributed by atoms with van der Waals surface area (Å²) >= 11 is 1.77. The highest BCUT2D eigenvalue weighted by molar-refractivity contribution is 7.11. The van der Waals surface area contributed by atoms with Crippen molar-refractivity contribution in [1.82, 2.24) is 9.88 Å². The second kappa shape index (κ2) is 6.33. The zero-order valence-electron chi connectivity index (χ0n) is 10.8. The molecule has 0 spiro atoms. The molecule has 0 bridgehead atoms. The van der Waals surface area contributed by atoms with Gasteiger partial charge in [-0.25, -0.2) is 4.98 Å². The first-order valence-corrected chi connectivity index (χ1v) is 6.84. The van der Waals surface area contributed by atoms with Crippen molar-refractivity contribution in [1.29, 1.82) is 0 Å². The van der Waals surface area contributed by atoms with Gasteiger partial charge in [-0.2, -0.15) is 0 Å². The maximum absolute atomic E-state index is 5.75. The highest BCUT2D eigenvalue weighted by atomic mass is 32.1. The molecule has 0 fully saturated rings. The molecule has 0 aliphatic rings. The van der Waals surface area contributed by atoms with Gasteiger partial charge < -0.3 is 5.73 Å². The summed E-state index contributed by atoms with van der Waals surface area (Å²) in [7, 11) is 0. The van der Waals surface area contributed by atoms with Crippen LogP contribution in [0.5, 0.6) is 0 Å². The van der Waals surface area contributed by atoms with Gasteiger partial charge in [0.05, 0.1) is 12.2 Å². The molecular weight excluding hydrogens is 218 g/mol. The zero-order chi connectivity index (χ0) is 12.1. The Bertz CT molecular complexity index is 316. The maximum atomic E-state index is 5.75. The van der Waals surface area contributed by atoms with E-state index in [1.165, 1.54) is 15.6 Å². The normalized spacial score (nSPS) is 11.7. The molecule has 0 aromatic carbocycles. The summed E-state index contributed by atoms with van der Waals surface area (Å²) in [5.41, 5.74) is 6.94. The molecule has 1 aromatic heterocycles. The summed E-state index contributed by atoms with van der Waals surface area (Å²) < 4.78 is 0. The Morgan fingerprint density at radius 2 is 1.94 bits per heavy atom. The fraction of sp³-hybridized carbons (Fsp3) is 0.750. The van der Waals surface area contributed by atoms with Crippen molar-refractivity contribution in [3.05, 3.63) is 15.6 Å². The molecule has 1 aromatic rings. The van der Waals surface area contributed by atoms with Crippen LogP contribution in [0.1, 0.15) is 49.2 Å². The summed E-state index contributed by atoms with van der Waals surface area (Å²) in [6.07, 6.45) is 0. The van der Waals surface area contributed by atoms with E-state index in [0.29, 0.717) is 12.5 Å². The topological polar surface area (TPSA) is 42.2 Å². The molecule has 0 aliphatic heterocycles. The van der Waals surface area contributed by atoms with Crippen LogP contribution in [0.4, 0.5) is 0 Å². The molecule has 1 rings (SSSR count). The molecule has 0 unspecified atom stereocenters. The fourth-order valence-electron chi connectivity index (χ4n) is 1.72. The van der Waals surface area contributed by atoms with E-state index >= 15 is 0 Å². The minimum absolute atomic E-state index is 0.472. The standard InChI is InChI=1S/C12H23N3S/c1-5-15(6-2)8-11-14-12(9(3)4)10(7-13)16-11/h9H,5-8,13H2,1-4H3. The molecule has 0 atom stereocenters. The molecule has 1 heterocycles. The number of aromatic nitrogens is 1. The van der Waals surface area contributed by atoms with Gasteiger partial charge in [0, 0.05) is 11.4 Å². The molecule has 0 radical (unpaired) electrons. The summed E-state index contributed by atoms with van der Waals surface area (Å²) in [4.78, 5) is 8.34. The first kappa shape index (κ1) is 13.6. The van der Waals surface area contributed by atoms with Crippen LogP contribution >= 0.6 is 11.3 Å². The lowest BCUT2D eigenvalue weighted by atomic mass is 10.1. The molecular formula is C12H23N3S. The first-order chi connectivity index (χ1) is 7.62. The summed E-state index contributed by atoms with van der Waals surface area (Å²) in [5, 5.41) is 1.20. The molecule has 0 saturated carbocycles. The molecule has 16 heavy (non-hydrogen) atoms. The Labute approximate surface area is 103 Å². The van der Waals surface area contributed by atoms with E-state index in [-0.39, 0.29) is 0 Å². The van der Waals surface area contributed by atoms with Crippen molar-refractivity contribution in [3.8, 4) is 0 Å². The highest BCUT2D eigenvalue weighted by Crippen LogP contribution is 2.25. The van der Waals surface area contributed by atoms with E-state index in [1.54, 1.807) is 11.3 Å². The van der Waals surface area contributed by atoms with Crippen molar-refractivity contribution in [2.75, 3.05) is 13.1 Å². The van der Waals surface area contributed by atoms with Crippen LogP contribution in [-0.4, -0.2) is 23.0 Å². The summed E-state index contributed by atoms with van der Waals surface area (Å²) in [6.45, 7) is 12.4. The monoisotopic (exact) mass is 241 g/mol. The van der Waals surface area contributed by atoms with Crippen LogP contribution < -0.4 is 5.73 Å². The predicted molar refractivity (Wildman–Crippen MR) is 70.7 cm³/mol. The zero-order valence-corrected chi connectivity index (χ0v) is 11.6. The van der Waals surface area contributed by atoms with Crippen LogP contribution in [0, 0.1) is 0 Å². The average molecular weight is 241 g/mol. The van der Waals surface area contributed by atoms with Crippen molar-refractivity contribution >= 4 is 11.3 Å². The molecule has 3 nitrogen and oxygen atoms in total. The molecule has 0 saturated heterocycles. The van der Waals surface area contributed by atoms with Crippen molar-refractivity contribution in [3.63, 3.8) is 0 Å². The van der Waals surface area contributed by atoms with Gasteiger partial charge in [-0.1, -0.05) is 27.7 Å². The maximum Gasteiger partial charge on any atom is 0.107 e. The fourth-order valence-corrected chi connectivity index (χ4v) is 2.86. The number of hydrogen-bond donors (Lipinski definition) is 1. The molecule has 2 N–H and O–H groups in total. The average Bonchev–Trinajstić information content (AvgIpc) is 2.69. The Kier molecular flexibility index (Phi) is 5.38. The number of nitrogens with two attached hydrogens (primary N) is 1. The van der Waals surface area contributed by atoms with E-state index < -0.39 is 0 Å². The number of nitrogens with zero attached hydrogens (tertiary/aromatic N) is 2. The lowest BCUT2D eigenvalue weighted by molar-refractivity contribution is 0.295. The third kappa shape index (κ3) is 3.27. The van der Waals surface area contributed by atoms with E-state index in [0.717, 1.165) is 19.6 Å². The molecule has 0 aliphatic carbocycles. The van der Waals surface area contributed by atoms with Gasteiger partial charge >= 0.3 is 0 Å². The SMILES string of the molecule is CCN(CC)Cc1nc(C(C)C)c(CN)s1. The minimum Gasteiger partial charge on any atom is -0.326 e. The molecule has 92 valence electrons. The van der Waals surface area contributed by atoms with Gasteiger partial charge in [-0.05, 0) is 19.0 Å². The smallest absolute Gasteiger partial charge is 0.107 e. The number of thiazole rings is 1. The quantitative estimate of drug-likeness (QED) is 0.832. The van der Waals surface area contributed by atoms with Crippen molar-refractivity contribution in [2.24, 2.45) is 5.73 Å². The summed E-state index contributed by atoms with van der Waals surface area (Å²) in [5.74, 6) is 0.472. The van der Waals surface area contributed by atoms with Gasteiger partial charge in [0.2, 0.25) is 0 Å². The van der Waals surface area contributed by atoms with Crippen LogP contribution in [0.2, 0.25) is 0 Å². The van der Waals surface area contributed by atoms with E-state index in [2.05, 4.69) is 32.6 Å². The Morgan fingerprint density at radius 1 is 1.31 bits per heavy atom. The van der Waals surface area contributed by atoms with E-state index in [9.17, 15) is 0 Å². The lowest BCUT2D eigenvalue weighted by Gasteiger charge is -2.15. The third-order valence-corrected chi connectivity index (χ3v) is 3.84. The van der Waals surface area contributed by atoms with E-state index in [4.69, 9.17) is 10.7 Å².